The summed E-state index contributed by atoms with van der Waals surface area (Å²) in [6, 6.07) is 7.95. The fourth-order valence-electron chi connectivity index (χ4n) is 2.09. The van der Waals surface area contributed by atoms with E-state index >= 15 is 0 Å². The number of alkyl halides is 3. The smallest absolute Gasteiger partial charge is 0.326 e. The van der Waals surface area contributed by atoms with Crippen LogP contribution in [0.5, 0.6) is 0 Å². The monoisotopic (exact) mass is 402 g/mol. The Morgan fingerprint density at radius 1 is 1.22 bits per heavy atom. The summed E-state index contributed by atoms with van der Waals surface area (Å²) < 4.78 is 51.8. The molecule has 2 aromatic rings. The molecule has 0 saturated carbocycles. The van der Waals surface area contributed by atoms with E-state index in [1.807, 2.05) is 0 Å². The second kappa shape index (κ2) is 8.38. The third-order valence-electron chi connectivity index (χ3n) is 3.53. The molecule has 1 unspecified atom stereocenters. The molecule has 0 radical (unpaired) electrons. The highest BCUT2D eigenvalue weighted by atomic mass is 32.2. The minimum absolute atomic E-state index is 0.184. The Morgan fingerprint density at radius 2 is 1.85 bits per heavy atom. The van der Waals surface area contributed by atoms with Gasteiger partial charge in [-0.25, -0.2) is 4.39 Å². The summed E-state index contributed by atoms with van der Waals surface area (Å²) in [6.45, 7) is 1.59. The molecular weight excluding hydrogens is 388 g/mol. The lowest BCUT2D eigenvalue weighted by molar-refractivity contribution is -0.388. The van der Waals surface area contributed by atoms with E-state index in [1.165, 1.54) is 23.9 Å². The van der Waals surface area contributed by atoms with Gasteiger partial charge in [-0.3, -0.25) is 14.9 Å². The number of hydrogen-bond donors (Lipinski definition) is 1. The minimum Gasteiger partial charge on any atom is -0.326 e. The molecule has 0 aliphatic carbocycles. The predicted molar refractivity (Wildman–Crippen MR) is 93.0 cm³/mol. The average Bonchev–Trinajstić information content (AvgIpc) is 2.60. The van der Waals surface area contributed by atoms with Gasteiger partial charge in [0, 0.05) is 28.3 Å². The number of hydrogen-bond acceptors (Lipinski definition) is 4. The highest BCUT2D eigenvalue weighted by Crippen LogP contribution is 2.37. The standard InChI is InChI=1S/C17H14F4N2O3S/c1-10(9-27-13-5-2-11(18)3-6-13)16(24)22-12-4-7-15(23(25)26)14(8-12)17(19,20)21/h2-8,10H,9H2,1H3,(H,22,24). The number of carbonyl (C=O) groups excluding carboxylic acids is 1. The summed E-state index contributed by atoms with van der Waals surface area (Å²) in [5.41, 5.74) is -2.70. The van der Waals surface area contributed by atoms with E-state index in [4.69, 9.17) is 0 Å². The topological polar surface area (TPSA) is 72.2 Å². The van der Waals surface area contributed by atoms with Crippen LogP contribution in [0.3, 0.4) is 0 Å². The second-order valence-corrected chi connectivity index (χ2v) is 6.74. The highest BCUT2D eigenvalue weighted by Gasteiger charge is 2.38. The Balaban J connectivity index is 2.05. The lowest BCUT2D eigenvalue weighted by Crippen LogP contribution is -2.22. The van der Waals surface area contributed by atoms with Crippen LogP contribution in [0.25, 0.3) is 0 Å². The van der Waals surface area contributed by atoms with Crippen molar-refractivity contribution in [2.75, 3.05) is 11.1 Å². The van der Waals surface area contributed by atoms with Crippen LogP contribution >= 0.6 is 11.8 Å². The van der Waals surface area contributed by atoms with E-state index in [9.17, 15) is 32.5 Å². The van der Waals surface area contributed by atoms with Gasteiger partial charge in [0.1, 0.15) is 11.4 Å². The number of nitro benzene ring substituents is 1. The van der Waals surface area contributed by atoms with Crippen molar-refractivity contribution in [2.24, 2.45) is 5.92 Å². The van der Waals surface area contributed by atoms with E-state index in [2.05, 4.69) is 5.32 Å². The molecule has 10 heteroatoms. The lowest BCUT2D eigenvalue weighted by Gasteiger charge is -2.14. The Hall–Kier alpha value is -2.62. The van der Waals surface area contributed by atoms with Crippen molar-refractivity contribution in [3.8, 4) is 0 Å². The van der Waals surface area contributed by atoms with Gasteiger partial charge in [0.15, 0.2) is 0 Å². The van der Waals surface area contributed by atoms with Crippen molar-refractivity contribution in [3.63, 3.8) is 0 Å². The van der Waals surface area contributed by atoms with Crippen LogP contribution in [0.15, 0.2) is 47.4 Å². The summed E-state index contributed by atoms with van der Waals surface area (Å²) >= 11 is 1.29. The van der Waals surface area contributed by atoms with Crippen molar-refractivity contribution in [1.29, 1.82) is 0 Å². The van der Waals surface area contributed by atoms with Crippen LogP contribution in [0.1, 0.15) is 12.5 Å². The molecule has 1 N–H and O–H groups in total. The van der Waals surface area contributed by atoms with Crippen LogP contribution in [0.2, 0.25) is 0 Å². The molecule has 0 aliphatic rings. The first-order valence-electron chi connectivity index (χ1n) is 7.63. The maximum absolute atomic E-state index is 13.0. The first-order valence-corrected chi connectivity index (χ1v) is 8.61. The number of nitrogens with zero attached hydrogens (tertiary/aromatic N) is 1. The zero-order valence-electron chi connectivity index (χ0n) is 13.9. The minimum atomic E-state index is -4.92. The number of amides is 1. The van der Waals surface area contributed by atoms with Gasteiger partial charge in [-0.15, -0.1) is 11.8 Å². The zero-order valence-corrected chi connectivity index (χ0v) is 14.7. The number of halogens is 4. The van der Waals surface area contributed by atoms with Gasteiger partial charge in [-0.05, 0) is 36.4 Å². The summed E-state index contributed by atoms with van der Waals surface area (Å²) in [7, 11) is 0. The molecule has 1 atom stereocenters. The summed E-state index contributed by atoms with van der Waals surface area (Å²) in [5.74, 6) is -1.17. The molecule has 0 bridgehead atoms. The van der Waals surface area contributed by atoms with Gasteiger partial charge < -0.3 is 5.32 Å². The third kappa shape index (κ3) is 5.68. The van der Waals surface area contributed by atoms with Crippen LogP contribution < -0.4 is 5.32 Å². The number of benzene rings is 2. The van der Waals surface area contributed by atoms with Gasteiger partial charge in [0.2, 0.25) is 5.91 Å². The molecule has 0 fully saturated rings. The summed E-state index contributed by atoms with van der Waals surface area (Å²) in [4.78, 5) is 22.5. The van der Waals surface area contributed by atoms with E-state index in [-0.39, 0.29) is 11.5 Å². The Labute approximate surface area is 155 Å². The summed E-state index contributed by atoms with van der Waals surface area (Å²) in [5, 5.41) is 13.1. The largest absolute Gasteiger partial charge is 0.423 e. The molecule has 27 heavy (non-hydrogen) atoms. The fourth-order valence-corrected chi connectivity index (χ4v) is 3.02. The third-order valence-corrected chi connectivity index (χ3v) is 4.80. The molecule has 0 aromatic heterocycles. The molecule has 0 spiro atoms. The number of nitrogens with one attached hydrogen (secondary N) is 1. The molecule has 144 valence electrons. The molecule has 0 saturated heterocycles. The van der Waals surface area contributed by atoms with E-state index in [1.54, 1.807) is 19.1 Å². The normalized spacial score (nSPS) is 12.5. The SMILES string of the molecule is CC(CSc1ccc(F)cc1)C(=O)Nc1ccc([N+](=O)[O-])c(C(F)(F)F)c1. The number of rotatable bonds is 6. The van der Waals surface area contributed by atoms with Crippen molar-refractivity contribution in [1.82, 2.24) is 0 Å². The van der Waals surface area contributed by atoms with Gasteiger partial charge in [0.25, 0.3) is 5.69 Å². The average molecular weight is 402 g/mol. The predicted octanol–water partition coefficient (Wildman–Crippen LogP) is 5.12. The Kier molecular flexibility index (Phi) is 6.42. The molecule has 5 nitrogen and oxygen atoms in total. The number of thioether (sulfide) groups is 1. The Morgan fingerprint density at radius 3 is 2.41 bits per heavy atom. The van der Waals surface area contributed by atoms with Crippen molar-refractivity contribution in [3.05, 3.63) is 64.0 Å². The number of nitro groups is 1. The molecule has 2 aromatic carbocycles. The van der Waals surface area contributed by atoms with Gasteiger partial charge >= 0.3 is 6.18 Å². The zero-order chi connectivity index (χ0) is 20.2. The first-order chi connectivity index (χ1) is 12.6. The lowest BCUT2D eigenvalue weighted by atomic mass is 10.1. The van der Waals surface area contributed by atoms with Crippen LogP contribution in [0.4, 0.5) is 28.9 Å². The molecule has 0 aliphatic heterocycles. The number of carbonyl (C=O) groups is 1. The van der Waals surface area contributed by atoms with E-state index < -0.39 is 34.2 Å². The Bertz CT molecular complexity index is 841. The maximum Gasteiger partial charge on any atom is 0.423 e. The fraction of sp³-hybridized carbons (Fsp3) is 0.235. The maximum atomic E-state index is 13.0. The van der Waals surface area contributed by atoms with Crippen LogP contribution in [-0.2, 0) is 11.0 Å². The molecule has 0 heterocycles. The highest BCUT2D eigenvalue weighted by molar-refractivity contribution is 7.99. The summed E-state index contributed by atoms with van der Waals surface area (Å²) in [6.07, 6.45) is -4.92. The quantitative estimate of drug-likeness (QED) is 0.315. The van der Waals surface area contributed by atoms with Crippen molar-refractivity contribution in [2.45, 2.75) is 18.0 Å². The van der Waals surface area contributed by atoms with Gasteiger partial charge in [-0.2, -0.15) is 13.2 Å². The van der Waals surface area contributed by atoms with E-state index in [0.29, 0.717) is 17.9 Å². The molecule has 2 rings (SSSR count). The van der Waals surface area contributed by atoms with Crippen molar-refractivity contribution >= 4 is 29.0 Å². The molecular formula is C17H14F4N2O3S. The van der Waals surface area contributed by atoms with Crippen LogP contribution in [-0.4, -0.2) is 16.6 Å². The van der Waals surface area contributed by atoms with Gasteiger partial charge in [0.05, 0.1) is 4.92 Å². The second-order valence-electron chi connectivity index (χ2n) is 5.64. The van der Waals surface area contributed by atoms with Crippen LogP contribution in [0, 0.1) is 21.8 Å². The van der Waals surface area contributed by atoms with E-state index in [0.717, 1.165) is 11.0 Å². The number of anilines is 1. The van der Waals surface area contributed by atoms with Gasteiger partial charge in [-0.1, -0.05) is 6.92 Å². The first kappa shape index (κ1) is 20.7. The molecule has 1 amide bonds. The van der Waals surface area contributed by atoms with Crippen molar-refractivity contribution < 1.29 is 27.3 Å².